The van der Waals surface area contributed by atoms with Gasteiger partial charge in [0.1, 0.15) is 5.41 Å². The molecule has 3 rings (SSSR count). The smallest absolute Gasteiger partial charge is 0.340 e. The van der Waals surface area contributed by atoms with E-state index in [4.69, 9.17) is 4.74 Å². The number of rotatable bonds is 7. The van der Waals surface area contributed by atoms with E-state index in [0.717, 1.165) is 11.3 Å². The Bertz CT molecular complexity index is 934. The molecule has 2 amide bonds. The van der Waals surface area contributed by atoms with Crippen molar-refractivity contribution in [3.05, 3.63) is 59.7 Å². The molecule has 152 valence electrons. The Morgan fingerprint density at radius 3 is 2.41 bits per heavy atom. The number of nitrogens with zero attached hydrogens (tertiary/aromatic N) is 1. The van der Waals surface area contributed by atoms with E-state index in [2.05, 4.69) is 5.32 Å². The topological polar surface area (TPSA) is 75.7 Å². The zero-order valence-corrected chi connectivity index (χ0v) is 17.0. The lowest BCUT2D eigenvalue weighted by Gasteiger charge is -2.26. The van der Waals surface area contributed by atoms with E-state index in [9.17, 15) is 14.4 Å². The number of anilines is 2. The van der Waals surface area contributed by atoms with Crippen LogP contribution in [0.2, 0.25) is 0 Å². The Morgan fingerprint density at radius 2 is 1.79 bits per heavy atom. The predicted molar refractivity (Wildman–Crippen MR) is 112 cm³/mol. The number of ether oxygens (including phenoxy) is 1. The number of carbonyl (C=O) groups excluding carboxylic acids is 3. The third-order valence-electron chi connectivity index (χ3n) is 5.14. The highest BCUT2D eigenvalue weighted by Gasteiger charge is 2.58. The highest BCUT2D eigenvalue weighted by atomic mass is 16.5. The minimum absolute atomic E-state index is 0.211. The zero-order valence-electron chi connectivity index (χ0n) is 17.0. The molecule has 1 aliphatic carbocycles. The summed E-state index contributed by atoms with van der Waals surface area (Å²) in [5.41, 5.74) is 1.36. The van der Waals surface area contributed by atoms with Crippen LogP contribution < -0.4 is 10.2 Å². The van der Waals surface area contributed by atoms with Crippen molar-refractivity contribution in [1.82, 2.24) is 0 Å². The van der Waals surface area contributed by atoms with Crippen molar-refractivity contribution < 1.29 is 19.1 Å². The molecule has 0 radical (unpaired) electrons. The van der Waals surface area contributed by atoms with Crippen molar-refractivity contribution in [3.8, 4) is 0 Å². The van der Waals surface area contributed by atoms with Crippen molar-refractivity contribution in [1.29, 1.82) is 0 Å². The molecule has 1 fully saturated rings. The van der Waals surface area contributed by atoms with Gasteiger partial charge in [-0.05, 0) is 63.4 Å². The molecule has 1 N–H and O–H groups in total. The molecule has 0 saturated heterocycles. The molecule has 2 aromatic rings. The Hall–Kier alpha value is -3.15. The maximum atomic E-state index is 13.3. The van der Waals surface area contributed by atoms with Crippen LogP contribution in [0.1, 0.15) is 42.6 Å². The van der Waals surface area contributed by atoms with E-state index in [0.29, 0.717) is 25.1 Å². The summed E-state index contributed by atoms with van der Waals surface area (Å²) in [6.45, 7) is 6.29. The maximum absolute atomic E-state index is 13.3. The van der Waals surface area contributed by atoms with Crippen LogP contribution in [-0.4, -0.2) is 30.9 Å². The van der Waals surface area contributed by atoms with Gasteiger partial charge in [0.25, 0.3) is 0 Å². The molecule has 0 atom stereocenters. The SMILES string of the molecule is CCOC(=O)c1ccccc1NC(=O)C1(C(=O)N(CC)c2cccc(C)c2)CC1. The number of aryl methyl sites for hydroxylation is 1. The standard InChI is InChI=1S/C23H26N2O4/c1-4-25(17-10-8-9-16(3)15-17)22(28)23(13-14-23)21(27)24-19-12-7-6-11-18(19)20(26)29-5-2/h6-12,15H,4-5,13-14H2,1-3H3,(H,24,27). The molecule has 2 aromatic carbocycles. The van der Waals surface area contributed by atoms with Crippen molar-refractivity contribution in [2.45, 2.75) is 33.6 Å². The van der Waals surface area contributed by atoms with Crippen molar-refractivity contribution in [2.75, 3.05) is 23.4 Å². The summed E-state index contributed by atoms with van der Waals surface area (Å²) in [5, 5.41) is 2.79. The summed E-state index contributed by atoms with van der Waals surface area (Å²) >= 11 is 0. The molecule has 0 aromatic heterocycles. The van der Waals surface area contributed by atoms with Crippen LogP contribution in [0, 0.1) is 12.3 Å². The monoisotopic (exact) mass is 394 g/mol. The highest BCUT2D eigenvalue weighted by molar-refractivity contribution is 6.18. The van der Waals surface area contributed by atoms with Gasteiger partial charge in [0, 0.05) is 12.2 Å². The molecule has 29 heavy (non-hydrogen) atoms. The fraction of sp³-hybridized carbons (Fsp3) is 0.348. The fourth-order valence-electron chi connectivity index (χ4n) is 3.38. The van der Waals surface area contributed by atoms with Gasteiger partial charge in [-0.2, -0.15) is 0 Å². The van der Waals surface area contributed by atoms with Gasteiger partial charge in [0.15, 0.2) is 0 Å². The van der Waals surface area contributed by atoms with Crippen molar-refractivity contribution in [3.63, 3.8) is 0 Å². The molecule has 0 spiro atoms. The van der Waals surface area contributed by atoms with Crippen LogP contribution in [-0.2, 0) is 14.3 Å². The zero-order chi connectivity index (χ0) is 21.0. The first-order valence-electron chi connectivity index (χ1n) is 9.89. The van der Waals surface area contributed by atoms with Gasteiger partial charge in [-0.15, -0.1) is 0 Å². The maximum Gasteiger partial charge on any atom is 0.340 e. The van der Waals surface area contributed by atoms with E-state index in [1.165, 1.54) is 0 Å². The Morgan fingerprint density at radius 1 is 1.07 bits per heavy atom. The summed E-state index contributed by atoms with van der Waals surface area (Å²) in [7, 11) is 0. The van der Waals surface area contributed by atoms with Gasteiger partial charge in [-0.25, -0.2) is 4.79 Å². The molecule has 0 unspecified atom stereocenters. The van der Waals surface area contributed by atoms with Crippen LogP contribution in [0.3, 0.4) is 0 Å². The molecule has 6 nitrogen and oxygen atoms in total. The number of para-hydroxylation sites is 1. The molecular formula is C23H26N2O4. The minimum Gasteiger partial charge on any atom is -0.462 e. The lowest BCUT2D eigenvalue weighted by Crippen LogP contribution is -2.43. The van der Waals surface area contributed by atoms with Gasteiger partial charge < -0.3 is 15.0 Å². The molecule has 1 saturated carbocycles. The first kappa shape index (κ1) is 20.6. The number of hydrogen-bond acceptors (Lipinski definition) is 4. The number of nitrogens with one attached hydrogen (secondary N) is 1. The van der Waals surface area contributed by atoms with Gasteiger partial charge in [-0.3, -0.25) is 9.59 Å². The largest absolute Gasteiger partial charge is 0.462 e. The minimum atomic E-state index is -1.10. The quantitative estimate of drug-likeness (QED) is 0.570. The van der Waals surface area contributed by atoms with Crippen LogP contribution in [0.25, 0.3) is 0 Å². The lowest BCUT2D eigenvalue weighted by molar-refractivity contribution is -0.132. The van der Waals surface area contributed by atoms with Crippen molar-refractivity contribution >= 4 is 29.2 Å². The Kier molecular flexibility index (Phi) is 6.01. The van der Waals surface area contributed by atoms with E-state index >= 15 is 0 Å². The number of benzene rings is 2. The van der Waals surface area contributed by atoms with Crippen LogP contribution in [0.4, 0.5) is 11.4 Å². The third-order valence-corrected chi connectivity index (χ3v) is 5.14. The Labute approximate surface area is 170 Å². The summed E-state index contributed by atoms with van der Waals surface area (Å²) in [4.78, 5) is 40.2. The van der Waals surface area contributed by atoms with E-state index < -0.39 is 11.4 Å². The van der Waals surface area contributed by atoms with Gasteiger partial charge in [-0.1, -0.05) is 24.3 Å². The summed E-state index contributed by atoms with van der Waals surface area (Å²) < 4.78 is 5.06. The second-order valence-corrected chi connectivity index (χ2v) is 7.19. The average Bonchev–Trinajstić information content (AvgIpc) is 3.51. The van der Waals surface area contributed by atoms with Gasteiger partial charge in [0.05, 0.1) is 17.9 Å². The number of carbonyl (C=O) groups is 3. The number of esters is 1. The highest BCUT2D eigenvalue weighted by Crippen LogP contribution is 2.49. The summed E-state index contributed by atoms with van der Waals surface area (Å²) in [6.07, 6.45) is 0.975. The molecule has 6 heteroatoms. The first-order chi connectivity index (χ1) is 13.9. The Balaban J connectivity index is 1.83. The molecule has 1 aliphatic rings. The second kappa shape index (κ2) is 8.47. The van der Waals surface area contributed by atoms with Crippen LogP contribution >= 0.6 is 0 Å². The van der Waals surface area contributed by atoms with E-state index in [1.807, 2.05) is 38.1 Å². The van der Waals surface area contributed by atoms with Crippen molar-refractivity contribution in [2.24, 2.45) is 5.41 Å². The predicted octanol–water partition coefficient (Wildman–Crippen LogP) is 3.94. The number of hydrogen-bond donors (Lipinski definition) is 1. The lowest BCUT2D eigenvalue weighted by atomic mass is 10.0. The second-order valence-electron chi connectivity index (χ2n) is 7.19. The molecule has 0 bridgehead atoms. The molecular weight excluding hydrogens is 368 g/mol. The van der Waals surface area contributed by atoms with Gasteiger partial charge >= 0.3 is 5.97 Å². The third kappa shape index (κ3) is 4.16. The summed E-state index contributed by atoms with van der Waals surface area (Å²) in [6, 6.07) is 14.3. The first-order valence-corrected chi connectivity index (χ1v) is 9.89. The summed E-state index contributed by atoms with van der Waals surface area (Å²) in [5.74, 6) is -1.10. The van der Waals surface area contributed by atoms with E-state index in [-0.39, 0.29) is 24.0 Å². The molecule has 0 aliphatic heterocycles. The van der Waals surface area contributed by atoms with Gasteiger partial charge in [0.2, 0.25) is 11.8 Å². The average molecular weight is 394 g/mol. The fourth-order valence-corrected chi connectivity index (χ4v) is 3.38. The van der Waals surface area contributed by atoms with E-state index in [1.54, 1.807) is 36.1 Å². The number of amides is 2. The normalized spacial score (nSPS) is 14.0. The van der Waals surface area contributed by atoms with Crippen LogP contribution in [0.15, 0.2) is 48.5 Å². The molecule has 0 heterocycles. The van der Waals surface area contributed by atoms with Crippen LogP contribution in [0.5, 0.6) is 0 Å².